The number of amides is 3. The average Bonchev–Trinajstić information content (AvgIpc) is 3.62. The number of esters is 1. The number of carbonyl (C=O) groups is 3. The lowest BCUT2D eigenvalue weighted by Crippen LogP contribution is -2.34. The van der Waals surface area contributed by atoms with Crippen molar-refractivity contribution in [3.05, 3.63) is 107 Å². The molecular formula is C33H30F2N6O6. The Bertz CT molecular complexity index is 1870. The monoisotopic (exact) mass is 644 g/mol. The minimum Gasteiger partial charge on any atom is -0.461 e. The number of rotatable bonds is 8. The van der Waals surface area contributed by atoms with E-state index in [1.807, 2.05) is 0 Å². The summed E-state index contributed by atoms with van der Waals surface area (Å²) in [5.74, 6) is -1.73. The number of nitrogens with zero attached hydrogens (tertiary/aromatic N) is 3. The van der Waals surface area contributed by atoms with Crippen LogP contribution in [0.5, 0.6) is 11.5 Å². The number of aromatic nitrogens is 2. The number of halogens is 2. The smallest absolute Gasteiger partial charge is 0.323 e. The summed E-state index contributed by atoms with van der Waals surface area (Å²) in [6.45, 7) is 0.880. The van der Waals surface area contributed by atoms with Crippen molar-refractivity contribution >= 4 is 29.4 Å². The van der Waals surface area contributed by atoms with Gasteiger partial charge in [0.2, 0.25) is 0 Å². The molecule has 0 radical (unpaired) electrons. The third-order valence-corrected chi connectivity index (χ3v) is 8.14. The van der Waals surface area contributed by atoms with Crippen molar-refractivity contribution in [3.63, 3.8) is 0 Å². The normalized spacial score (nSPS) is 18.4. The van der Waals surface area contributed by atoms with E-state index in [1.54, 1.807) is 4.90 Å². The molecule has 0 spiro atoms. The maximum atomic E-state index is 15.0. The average molecular weight is 645 g/mol. The molecule has 6 rings (SSSR count). The molecule has 2 aromatic heterocycles. The number of fused-ring (bicyclic) bond motifs is 1. The quantitative estimate of drug-likeness (QED) is 0.240. The van der Waals surface area contributed by atoms with Gasteiger partial charge in [0.25, 0.3) is 11.5 Å². The van der Waals surface area contributed by atoms with Crippen molar-refractivity contribution in [1.29, 1.82) is 0 Å². The zero-order valence-corrected chi connectivity index (χ0v) is 24.9. The molecule has 1 saturated heterocycles. The first-order valence-electron chi connectivity index (χ1n) is 14.8. The van der Waals surface area contributed by atoms with E-state index in [-0.39, 0.29) is 59.1 Å². The van der Waals surface area contributed by atoms with E-state index in [0.717, 1.165) is 6.07 Å². The lowest BCUT2D eigenvalue weighted by Gasteiger charge is -2.20. The minimum absolute atomic E-state index is 0.0818. The van der Waals surface area contributed by atoms with Crippen LogP contribution in [0, 0.1) is 23.5 Å². The van der Waals surface area contributed by atoms with Crippen LogP contribution in [0.3, 0.4) is 0 Å². The number of pyridine rings is 2. The van der Waals surface area contributed by atoms with Gasteiger partial charge in [0, 0.05) is 49.0 Å². The number of anilines is 2. The fourth-order valence-corrected chi connectivity index (χ4v) is 5.93. The number of hydrogen-bond donors (Lipinski definition) is 3. The molecule has 2 aromatic carbocycles. The summed E-state index contributed by atoms with van der Waals surface area (Å²) >= 11 is 0. The summed E-state index contributed by atoms with van der Waals surface area (Å²) in [5, 5.41) is 5.25. The second kappa shape index (κ2) is 13.4. The molecule has 1 aliphatic carbocycles. The van der Waals surface area contributed by atoms with Gasteiger partial charge in [-0.3, -0.25) is 24.3 Å². The highest BCUT2D eigenvalue weighted by Gasteiger charge is 2.43. The summed E-state index contributed by atoms with van der Waals surface area (Å²) in [6, 6.07) is 14.4. The Kier molecular flexibility index (Phi) is 8.93. The molecule has 14 heteroatoms. The van der Waals surface area contributed by atoms with Crippen LogP contribution in [-0.2, 0) is 9.53 Å². The van der Waals surface area contributed by atoms with E-state index < -0.39 is 29.1 Å². The number of hydrogen-bond acceptors (Lipinski definition) is 8. The van der Waals surface area contributed by atoms with Crippen LogP contribution in [0.15, 0.2) is 83.9 Å². The lowest BCUT2D eigenvalue weighted by atomic mass is 10.0. The van der Waals surface area contributed by atoms with E-state index in [1.165, 1.54) is 77.6 Å². The van der Waals surface area contributed by atoms with Gasteiger partial charge in [0.05, 0.1) is 6.54 Å². The van der Waals surface area contributed by atoms with Gasteiger partial charge in [0.1, 0.15) is 29.1 Å². The summed E-state index contributed by atoms with van der Waals surface area (Å²) in [5.41, 5.74) is 4.95. The molecular weight excluding hydrogens is 614 g/mol. The predicted octanol–water partition coefficient (Wildman–Crippen LogP) is 4.30. The fourth-order valence-electron chi connectivity index (χ4n) is 5.93. The minimum atomic E-state index is -0.791. The number of nitrogens with two attached hydrogens (primary N) is 1. The van der Waals surface area contributed by atoms with Crippen molar-refractivity contribution in [2.24, 2.45) is 17.6 Å². The summed E-state index contributed by atoms with van der Waals surface area (Å²) in [6.07, 6.45) is 4.04. The highest BCUT2D eigenvalue weighted by molar-refractivity contribution is 6.04. The van der Waals surface area contributed by atoms with Crippen molar-refractivity contribution in [3.8, 4) is 17.2 Å². The second-order valence-electron chi connectivity index (χ2n) is 11.3. The number of nitrogens with one attached hydrogen (secondary N) is 2. The van der Waals surface area contributed by atoms with Gasteiger partial charge < -0.3 is 25.4 Å². The Balaban J connectivity index is 1.05. The zero-order valence-electron chi connectivity index (χ0n) is 24.9. The highest BCUT2D eigenvalue weighted by atomic mass is 19.1. The molecule has 47 heavy (non-hydrogen) atoms. The number of ether oxygens (including phenoxy) is 2. The molecule has 12 nitrogen and oxygen atoms in total. The maximum Gasteiger partial charge on any atom is 0.323 e. The topological polar surface area (TPSA) is 158 Å². The molecule has 0 bridgehead atoms. The van der Waals surface area contributed by atoms with Crippen LogP contribution < -0.4 is 26.7 Å². The molecule has 2 atom stereocenters. The summed E-state index contributed by atoms with van der Waals surface area (Å²) < 4.78 is 40.6. The van der Waals surface area contributed by atoms with Gasteiger partial charge in [-0.05, 0) is 79.3 Å². The van der Waals surface area contributed by atoms with Crippen LogP contribution in [0.1, 0.15) is 23.2 Å². The van der Waals surface area contributed by atoms with Crippen LogP contribution in [0.25, 0.3) is 5.69 Å². The van der Waals surface area contributed by atoms with E-state index >= 15 is 4.39 Å². The molecule has 2 fully saturated rings. The first-order chi connectivity index (χ1) is 22.7. The van der Waals surface area contributed by atoms with Crippen LogP contribution >= 0.6 is 0 Å². The molecule has 3 heterocycles. The largest absolute Gasteiger partial charge is 0.461 e. The third-order valence-electron chi connectivity index (χ3n) is 8.14. The maximum absolute atomic E-state index is 15.0. The van der Waals surface area contributed by atoms with Gasteiger partial charge in [-0.1, -0.05) is 0 Å². The fraction of sp³-hybridized carbons (Fsp3) is 0.242. The SMILES string of the molecule is NCC(=O)OC1CC2CN(C(=O)Nc3cc(Oc4ccc(NC(=O)c5cccn(-c6ccc(F)cc6)c5=O)cc4F)ccn3)CC2C1. The second-order valence-corrected chi connectivity index (χ2v) is 11.3. The Labute approximate surface area is 267 Å². The molecule has 3 amide bonds. The van der Waals surface area contributed by atoms with Gasteiger partial charge in [-0.25, -0.2) is 18.6 Å². The molecule has 2 aliphatic rings. The van der Waals surface area contributed by atoms with Crippen LogP contribution in [-0.4, -0.2) is 58.1 Å². The van der Waals surface area contributed by atoms with Gasteiger partial charge in [-0.15, -0.1) is 0 Å². The number of likely N-dealkylation sites (tertiary alicyclic amines) is 1. The highest BCUT2D eigenvalue weighted by Crippen LogP contribution is 2.39. The van der Waals surface area contributed by atoms with Crippen LogP contribution in [0.4, 0.5) is 25.1 Å². The first kappa shape index (κ1) is 31.4. The molecule has 242 valence electrons. The van der Waals surface area contributed by atoms with Gasteiger partial charge >= 0.3 is 12.0 Å². The van der Waals surface area contributed by atoms with E-state index in [4.69, 9.17) is 15.2 Å². The third kappa shape index (κ3) is 7.12. The Morgan fingerprint density at radius 3 is 2.40 bits per heavy atom. The molecule has 1 aliphatic heterocycles. The first-order valence-corrected chi connectivity index (χ1v) is 14.8. The van der Waals surface area contributed by atoms with Gasteiger partial charge in [-0.2, -0.15) is 0 Å². The number of carbonyl (C=O) groups excluding carboxylic acids is 3. The zero-order chi connectivity index (χ0) is 33.1. The Morgan fingerprint density at radius 1 is 0.957 bits per heavy atom. The predicted molar refractivity (Wildman–Crippen MR) is 166 cm³/mol. The van der Waals surface area contributed by atoms with E-state index in [2.05, 4.69) is 15.6 Å². The van der Waals surface area contributed by atoms with Crippen molar-refractivity contribution in [2.45, 2.75) is 18.9 Å². The molecule has 2 unspecified atom stereocenters. The molecule has 1 saturated carbocycles. The van der Waals surface area contributed by atoms with Crippen molar-refractivity contribution < 1.29 is 32.6 Å². The Hall–Kier alpha value is -5.63. The summed E-state index contributed by atoms with van der Waals surface area (Å²) in [7, 11) is 0. The van der Waals surface area contributed by atoms with Gasteiger partial charge in [0.15, 0.2) is 11.6 Å². The summed E-state index contributed by atoms with van der Waals surface area (Å²) in [4.78, 5) is 56.1. The standard InChI is InChI=1S/C33H30F2N6O6/c34-21-3-6-23(7-4-21)41-11-1-2-26(32(41)44)31(43)38-22-5-8-28(27(35)14-22)46-24-9-10-37-29(15-24)39-33(45)40-17-19-12-25(13-20(19)18-40)47-30(42)16-36/h1-11,14-15,19-20,25H,12-13,16-18,36H2,(H,38,43)(H,37,39,45). The number of benzene rings is 2. The van der Waals surface area contributed by atoms with Crippen molar-refractivity contribution in [1.82, 2.24) is 14.5 Å². The van der Waals surface area contributed by atoms with E-state index in [0.29, 0.717) is 31.6 Å². The Morgan fingerprint density at radius 2 is 1.70 bits per heavy atom. The molecule has 4 N–H and O–H groups in total. The van der Waals surface area contributed by atoms with E-state index in [9.17, 15) is 23.6 Å². The van der Waals surface area contributed by atoms with Crippen LogP contribution in [0.2, 0.25) is 0 Å². The molecule has 4 aromatic rings. The number of urea groups is 1. The van der Waals surface area contributed by atoms with Crippen molar-refractivity contribution in [2.75, 3.05) is 30.3 Å². The lowest BCUT2D eigenvalue weighted by molar-refractivity contribution is -0.147.